The third-order valence-electron chi connectivity index (χ3n) is 8.53. The number of pyridine rings is 1. The van der Waals surface area contributed by atoms with Crippen LogP contribution < -0.4 is 0 Å². The predicted molar refractivity (Wildman–Crippen MR) is 174 cm³/mol. The smallest absolute Gasteiger partial charge is 0.0787 e. The van der Waals surface area contributed by atoms with Crippen LogP contribution in [0.5, 0.6) is 0 Å². The van der Waals surface area contributed by atoms with Crippen LogP contribution in [0.2, 0.25) is 0 Å². The highest BCUT2D eigenvalue weighted by Crippen LogP contribution is 2.43. The molecule has 0 aliphatic carbocycles. The van der Waals surface area contributed by atoms with E-state index in [-0.39, 0.29) is 0 Å². The lowest BCUT2D eigenvalue weighted by Crippen LogP contribution is -1.94. The SMILES string of the molecule is c1ccc(-n2c3ccc(-c4ccc5ccc6ccccc6c5n4)cc3c3c4ccccc4c4ccccc4c32)cc1. The highest BCUT2D eigenvalue weighted by atomic mass is 15.0. The molecule has 0 saturated carbocycles. The Hall–Kier alpha value is -5.47. The molecular formula is C39H24N2. The molecule has 9 rings (SSSR count). The summed E-state index contributed by atoms with van der Waals surface area (Å²) in [6.07, 6.45) is 0. The van der Waals surface area contributed by atoms with E-state index in [4.69, 9.17) is 4.98 Å². The van der Waals surface area contributed by atoms with Gasteiger partial charge in [-0.05, 0) is 51.9 Å². The van der Waals surface area contributed by atoms with Gasteiger partial charge in [-0.25, -0.2) is 4.98 Å². The van der Waals surface area contributed by atoms with Crippen molar-refractivity contribution in [3.63, 3.8) is 0 Å². The van der Waals surface area contributed by atoms with Gasteiger partial charge in [-0.3, -0.25) is 0 Å². The van der Waals surface area contributed by atoms with Gasteiger partial charge >= 0.3 is 0 Å². The van der Waals surface area contributed by atoms with Crippen LogP contribution in [0.3, 0.4) is 0 Å². The van der Waals surface area contributed by atoms with Crippen molar-refractivity contribution in [1.82, 2.24) is 9.55 Å². The number of hydrogen-bond donors (Lipinski definition) is 0. The average molecular weight is 521 g/mol. The summed E-state index contributed by atoms with van der Waals surface area (Å²) in [7, 11) is 0. The number of hydrogen-bond acceptors (Lipinski definition) is 1. The molecule has 0 fully saturated rings. The van der Waals surface area contributed by atoms with Gasteiger partial charge < -0.3 is 4.57 Å². The van der Waals surface area contributed by atoms with Gasteiger partial charge in [0.05, 0.1) is 22.2 Å². The Morgan fingerprint density at radius 2 is 1.07 bits per heavy atom. The molecule has 0 aliphatic heterocycles. The number of nitrogens with zero attached hydrogens (tertiary/aromatic N) is 2. The molecule has 2 aromatic heterocycles. The van der Waals surface area contributed by atoms with E-state index in [1.54, 1.807) is 0 Å². The molecule has 7 aromatic carbocycles. The minimum absolute atomic E-state index is 0.987. The van der Waals surface area contributed by atoms with E-state index in [0.717, 1.165) is 27.8 Å². The van der Waals surface area contributed by atoms with Crippen LogP contribution in [0.15, 0.2) is 146 Å². The highest BCUT2D eigenvalue weighted by molar-refractivity contribution is 6.32. The monoisotopic (exact) mass is 520 g/mol. The summed E-state index contributed by atoms with van der Waals surface area (Å²) in [5.41, 5.74) is 6.76. The summed E-state index contributed by atoms with van der Waals surface area (Å²) in [5.74, 6) is 0. The lowest BCUT2D eigenvalue weighted by Gasteiger charge is -2.12. The molecule has 0 spiro atoms. The minimum Gasteiger partial charge on any atom is -0.309 e. The molecule has 9 aromatic rings. The maximum atomic E-state index is 5.23. The topological polar surface area (TPSA) is 17.8 Å². The molecule has 0 unspecified atom stereocenters. The van der Waals surface area contributed by atoms with Crippen molar-refractivity contribution in [2.24, 2.45) is 0 Å². The molecular weight excluding hydrogens is 496 g/mol. The van der Waals surface area contributed by atoms with Crippen LogP contribution >= 0.6 is 0 Å². The van der Waals surface area contributed by atoms with E-state index in [0.29, 0.717) is 0 Å². The maximum absolute atomic E-state index is 5.23. The first-order valence-corrected chi connectivity index (χ1v) is 14.1. The van der Waals surface area contributed by atoms with Crippen molar-refractivity contribution < 1.29 is 0 Å². The largest absolute Gasteiger partial charge is 0.309 e. The first kappa shape index (κ1) is 22.4. The molecule has 0 N–H and O–H groups in total. The molecule has 0 aliphatic rings. The Kier molecular flexibility index (Phi) is 4.64. The van der Waals surface area contributed by atoms with Crippen LogP contribution in [-0.4, -0.2) is 9.55 Å². The highest BCUT2D eigenvalue weighted by Gasteiger charge is 2.19. The van der Waals surface area contributed by atoms with Gasteiger partial charge in [0.15, 0.2) is 0 Å². The molecule has 2 nitrogen and oxygen atoms in total. The van der Waals surface area contributed by atoms with E-state index >= 15 is 0 Å². The first-order chi connectivity index (χ1) is 20.3. The molecule has 2 heteroatoms. The van der Waals surface area contributed by atoms with Gasteiger partial charge in [-0.15, -0.1) is 0 Å². The van der Waals surface area contributed by atoms with Gasteiger partial charge in [0.2, 0.25) is 0 Å². The zero-order chi connectivity index (χ0) is 26.9. The Morgan fingerprint density at radius 3 is 1.90 bits per heavy atom. The molecule has 0 bridgehead atoms. The van der Waals surface area contributed by atoms with Crippen molar-refractivity contribution in [2.45, 2.75) is 0 Å². The summed E-state index contributed by atoms with van der Waals surface area (Å²) >= 11 is 0. The first-order valence-electron chi connectivity index (χ1n) is 14.1. The van der Waals surface area contributed by atoms with Crippen molar-refractivity contribution in [2.75, 3.05) is 0 Å². The molecule has 0 radical (unpaired) electrons. The quantitative estimate of drug-likeness (QED) is 0.207. The van der Waals surface area contributed by atoms with E-state index in [2.05, 4.69) is 150 Å². The van der Waals surface area contributed by atoms with E-state index in [9.17, 15) is 0 Å². The Morgan fingerprint density at radius 1 is 0.439 bits per heavy atom. The standard InChI is InChI=1S/C39H24N2/c1-2-11-28(12-3-1)41-36-23-21-27(35-22-20-26-19-18-25-10-4-5-13-29(25)38(26)40-35)24-34(36)37-32-16-8-6-14-30(32)31-15-7-9-17-33(31)39(37)41/h1-24H. The van der Waals surface area contributed by atoms with Gasteiger partial charge in [0.25, 0.3) is 0 Å². The second kappa shape index (κ2) is 8.51. The summed E-state index contributed by atoms with van der Waals surface area (Å²) in [5, 5.41) is 11.2. The molecule has 0 saturated heterocycles. The second-order valence-electron chi connectivity index (χ2n) is 10.8. The third kappa shape index (κ3) is 3.22. The van der Waals surface area contributed by atoms with Crippen LogP contribution in [0.1, 0.15) is 0 Å². The second-order valence-corrected chi connectivity index (χ2v) is 10.8. The lowest BCUT2D eigenvalue weighted by atomic mass is 9.96. The molecule has 0 amide bonds. The fourth-order valence-electron chi connectivity index (χ4n) is 6.70. The van der Waals surface area contributed by atoms with Crippen LogP contribution in [0.4, 0.5) is 0 Å². The summed E-state index contributed by atoms with van der Waals surface area (Å²) in [6, 6.07) is 52.4. The maximum Gasteiger partial charge on any atom is 0.0787 e. The molecule has 0 atom stereocenters. The van der Waals surface area contributed by atoms with Crippen LogP contribution in [0, 0.1) is 0 Å². The van der Waals surface area contributed by atoms with E-state index in [1.165, 1.54) is 54.1 Å². The Balaban J connectivity index is 1.42. The zero-order valence-corrected chi connectivity index (χ0v) is 22.3. The number of aromatic nitrogens is 2. The Bertz CT molecular complexity index is 2470. The van der Waals surface area contributed by atoms with Gasteiger partial charge in [0, 0.05) is 38.2 Å². The number of benzene rings is 7. The van der Waals surface area contributed by atoms with Crippen molar-refractivity contribution in [3.05, 3.63) is 146 Å². The lowest BCUT2D eigenvalue weighted by molar-refractivity contribution is 1.19. The summed E-state index contributed by atoms with van der Waals surface area (Å²) in [4.78, 5) is 5.23. The van der Waals surface area contributed by atoms with Crippen molar-refractivity contribution in [1.29, 1.82) is 0 Å². The predicted octanol–water partition coefficient (Wildman–Crippen LogP) is 10.5. The van der Waals surface area contributed by atoms with Crippen molar-refractivity contribution in [3.8, 4) is 16.9 Å². The minimum atomic E-state index is 0.987. The zero-order valence-electron chi connectivity index (χ0n) is 22.3. The Labute approximate surface area is 236 Å². The van der Waals surface area contributed by atoms with Gasteiger partial charge in [0.1, 0.15) is 0 Å². The average Bonchev–Trinajstić information content (AvgIpc) is 3.40. The molecule has 41 heavy (non-hydrogen) atoms. The van der Waals surface area contributed by atoms with Crippen LogP contribution in [-0.2, 0) is 0 Å². The fraction of sp³-hybridized carbons (Fsp3) is 0. The number of fused-ring (bicyclic) bond motifs is 11. The normalized spacial score (nSPS) is 11.9. The number of rotatable bonds is 2. The van der Waals surface area contributed by atoms with Gasteiger partial charge in [-0.1, -0.05) is 115 Å². The van der Waals surface area contributed by atoms with E-state index in [1.807, 2.05) is 0 Å². The third-order valence-corrected chi connectivity index (χ3v) is 8.53. The summed E-state index contributed by atoms with van der Waals surface area (Å²) in [6.45, 7) is 0. The van der Waals surface area contributed by atoms with Crippen molar-refractivity contribution >= 4 is 65.0 Å². The molecule has 190 valence electrons. The van der Waals surface area contributed by atoms with E-state index < -0.39 is 0 Å². The molecule has 2 heterocycles. The summed E-state index contributed by atoms with van der Waals surface area (Å²) < 4.78 is 2.44. The van der Waals surface area contributed by atoms with Gasteiger partial charge in [-0.2, -0.15) is 0 Å². The van der Waals surface area contributed by atoms with Crippen LogP contribution in [0.25, 0.3) is 82.0 Å². The number of para-hydroxylation sites is 1. The fourth-order valence-corrected chi connectivity index (χ4v) is 6.70.